The van der Waals surface area contributed by atoms with Crippen LogP contribution in [0.1, 0.15) is 46.5 Å². The van der Waals surface area contributed by atoms with Crippen LogP contribution < -0.4 is 4.74 Å². The van der Waals surface area contributed by atoms with Gasteiger partial charge in [0.15, 0.2) is 0 Å². The second-order valence-electron chi connectivity index (χ2n) is 6.34. The van der Waals surface area contributed by atoms with Crippen molar-refractivity contribution in [2.45, 2.75) is 58.2 Å². The van der Waals surface area contributed by atoms with Crippen LogP contribution in [0.5, 0.6) is 5.75 Å². The van der Waals surface area contributed by atoms with Gasteiger partial charge in [-0.2, -0.15) is 0 Å². The topological polar surface area (TPSA) is 29.5 Å². The number of aliphatic hydroxyl groups is 1. The minimum absolute atomic E-state index is 0.103. The number of para-hydroxylation sites is 1. The van der Waals surface area contributed by atoms with Crippen molar-refractivity contribution in [3.8, 4) is 5.75 Å². The third-order valence-corrected chi connectivity index (χ3v) is 4.13. The van der Waals surface area contributed by atoms with Gasteiger partial charge in [0.05, 0.1) is 0 Å². The Morgan fingerprint density at radius 3 is 2.44 bits per heavy atom. The van der Waals surface area contributed by atoms with E-state index >= 15 is 0 Å². The number of hydrogen-bond donors (Lipinski definition) is 1. The van der Waals surface area contributed by atoms with Gasteiger partial charge in [-0.15, -0.1) is 0 Å². The minimum atomic E-state index is -0.735. The van der Waals surface area contributed by atoms with Gasteiger partial charge < -0.3 is 9.84 Å². The Bertz CT molecular complexity index is 380. The van der Waals surface area contributed by atoms with Crippen molar-refractivity contribution in [2.75, 3.05) is 0 Å². The molecule has 0 bridgehead atoms. The summed E-state index contributed by atoms with van der Waals surface area (Å²) < 4.78 is 6.05. The van der Waals surface area contributed by atoms with E-state index in [1.165, 1.54) is 0 Å². The average molecular weight is 248 g/mol. The van der Waals surface area contributed by atoms with Gasteiger partial charge in [0, 0.05) is 0 Å². The van der Waals surface area contributed by atoms with Gasteiger partial charge in [-0.05, 0) is 36.8 Å². The van der Waals surface area contributed by atoms with E-state index in [0.29, 0.717) is 0 Å². The maximum Gasteiger partial charge on any atom is 0.128 e. The van der Waals surface area contributed by atoms with E-state index in [-0.39, 0.29) is 11.5 Å². The molecule has 2 atom stereocenters. The van der Waals surface area contributed by atoms with E-state index in [2.05, 4.69) is 20.8 Å². The van der Waals surface area contributed by atoms with Crippen LogP contribution in [0.4, 0.5) is 0 Å². The van der Waals surface area contributed by atoms with Crippen LogP contribution in [0.3, 0.4) is 0 Å². The molecule has 1 aromatic rings. The van der Waals surface area contributed by atoms with Crippen molar-refractivity contribution in [1.29, 1.82) is 0 Å². The fourth-order valence-corrected chi connectivity index (χ4v) is 2.80. The van der Waals surface area contributed by atoms with Crippen molar-refractivity contribution in [2.24, 2.45) is 5.41 Å². The quantitative estimate of drug-likeness (QED) is 0.863. The van der Waals surface area contributed by atoms with E-state index in [1.807, 2.05) is 30.3 Å². The van der Waals surface area contributed by atoms with Crippen molar-refractivity contribution in [3.63, 3.8) is 0 Å². The molecule has 100 valence electrons. The molecule has 2 nitrogen and oxygen atoms in total. The lowest BCUT2D eigenvalue weighted by Gasteiger charge is -2.48. The third kappa shape index (κ3) is 2.54. The molecule has 0 amide bonds. The minimum Gasteiger partial charge on any atom is -0.487 e. The van der Waals surface area contributed by atoms with Gasteiger partial charge in [-0.25, -0.2) is 0 Å². The molecule has 1 aliphatic carbocycles. The van der Waals surface area contributed by atoms with E-state index in [4.69, 9.17) is 4.74 Å². The summed E-state index contributed by atoms with van der Waals surface area (Å²) in [5.74, 6) is 0.854. The fourth-order valence-electron chi connectivity index (χ4n) is 2.80. The number of rotatable bonds is 2. The summed E-state index contributed by atoms with van der Waals surface area (Å²) in [5.41, 5.74) is -0.895. The maximum absolute atomic E-state index is 11.0. The SMILES string of the molecule is CC(C)(C)C1(O)CCCCC1Oc1ccccc1. The summed E-state index contributed by atoms with van der Waals surface area (Å²) in [7, 11) is 0. The molecule has 1 saturated carbocycles. The molecular formula is C16H24O2. The highest BCUT2D eigenvalue weighted by molar-refractivity contribution is 5.22. The summed E-state index contributed by atoms with van der Waals surface area (Å²) in [5, 5.41) is 11.0. The van der Waals surface area contributed by atoms with E-state index < -0.39 is 5.60 Å². The largest absolute Gasteiger partial charge is 0.487 e. The summed E-state index contributed by atoms with van der Waals surface area (Å²) in [4.78, 5) is 0. The third-order valence-electron chi connectivity index (χ3n) is 4.13. The van der Waals surface area contributed by atoms with Gasteiger partial charge >= 0.3 is 0 Å². The van der Waals surface area contributed by atoms with Crippen molar-refractivity contribution in [1.82, 2.24) is 0 Å². The first kappa shape index (κ1) is 13.4. The van der Waals surface area contributed by atoms with Crippen LogP contribution in [0.2, 0.25) is 0 Å². The highest BCUT2D eigenvalue weighted by atomic mass is 16.5. The van der Waals surface area contributed by atoms with Crippen LogP contribution >= 0.6 is 0 Å². The van der Waals surface area contributed by atoms with Gasteiger partial charge in [-0.1, -0.05) is 45.4 Å². The van der Waals surface area contributed by atoms with Crippen molar-refractivity contribution in [3.05, 3.63) is 30.3 Å². The molecule has 18 heavy (non-hydrogen) atoms. The van der Waals surface area contributed by atoms with Gasteiger partial charge in [0.1, 0.15) is 17.5 Å². The standard InChI is InChI=1S/C16H24O2/c1-15(2,3)16(17)12-8-7-11-14(16)18-13-9-5-4-6-10-13/h4-6,9-10,14,17H,7-8,11-12H2,1-3H3. The molecule has 2 rings (SSSR count). The Labute approximate surface area is 110 Å². The zero-order chi connectivity index (χ0) is 13.2. The second-order valence-corrected chi connectivity index (χ2v) is 6.34. The molecule has 1 aromatic carbocycles. The Morgan fingerprint density at radius 1 is 1.17 bits per heavy atom. The predicted octanol–water partition coefficient (Wildman–Crippen LogP) is 3.79. The molecule has 2 heteroatoms. The normalized spacial score (nSPS) is 29.0. The molecule has 0 radical (unpaired) electrons. The van der Waals surface area contributed by atoms with Crippen LogP contribution in [0.15, 0.2) is 30.3 Å². The molecule has 1 N–H and O–H groups in total. The van der Waals surface area contributed by atoms with E-state index in [9.17, 15) is 5.11 Å². The maximum atomic E-state index is 11.0. The number of hydrogen-bond acceptors (Lipinski definition) is 2. The van der Waals surface area contributed by atoms with Crippen LogP contribution in [0.25, 0.3) is 0 Å². The molecule has 1 aliphatic rings. The lowest BCUT2D eigenvalue weighted by atomic mass is 9.66. The highest BCUT2D eigenvalue weighted by Crippen LogP contribution is 2.43. The molecule has 2 unspecified atom stereocenters. The zero-order valence-electron chi connectivity index (χ0n) is 11.6. The average Bonchev–Trinajstić information content (AvgIpc) is 2.32. The molecule has 1 fully saturated rings. The Kier molecular flexibility index (Phi) is 3.67. The van der Waals surface area contributed by atoms with Gasteiger partial charge in [-0.3, -0.25) is 0 Å². The zero-order valence-corrected chi connectivity index (χ0v) is 11.6. The number of benzene rings is 1. The first-order chi connectivity index (χ1) is 8.43. The van der Waals surface area contributed by atoms with Crippen LogP contribution in [-0.4, -0.2) is 16.8 Å². The summed E-state index contributed by atoms with van der Waals surface area (Å²) in [6.07, 6.45) is 3.88. The number of ether oxygens (including phenoxy) is 1. The Morgan fingerprint density at radius 2 is 1.83 bits per heavy atom. The van der Waals surface area contributed by atoms with Gasteiger partial charge in [0.2, 0.25) is 0 Å². The van der Waals surface area contributed by atoms with E-state index in [0.717, 1.165) is 31.4 Å². The summed E-state index contributed by atoms with van der Waals surface area (Å²) in [6, 6.07) is 9.82. The van der Waals surface area contributed by atoms with Crippen LogP contribution in [0, 0.1) is 5.41 Å². The highest BCUT2D eigenvalue weighted by Gasteiger charge is 2.49. The molecule has 0 aromatic heterocycles. The lowest BCUT2D eigenvalue weighted by molar-refractivity contribution is -0.152. The Hall–Kier alpha value is -1.02. The predicted molar refractivity (Wildman–Crippen MR) is 73.7 cm³/mol. The first-order valence-electron chi connectivity index (χ1n) is 6.87. The molecular weight excluding hydrogens is 224 g/mol. The molecule has 0 aliphatic heterocycles. The Balaban J connectivity index is 2.19. The molecule has 0 heterocycles. The summed E-state index contributed by atoms with van der Waals surface area (Å²) in [6.45, 7) is 6.29. The summed E-state index contributed by atoms with van der Waals surface area (Å²) >= 11 is 0. The van der Waals surface area contributed by atoms with Crippen molar-refractivity contribution < 1.29 is 9.84 Å². The van der Waals surface area contributed by atoms with Crippen LogP contribution in [-0.2, 0) is 0 Å². The smallest absolute Gasteiger partial charge is 0.128 e. The lowest BCUT2D eigenvalue weighted by Crippen LogP contribution is -2.56. The van der Waals surface area contributed by atoms with Crippen molar-refractivity contribution >= 4 is 0 Å². The first-order valence-corrected chi connectivity index (χ1v) is 6.87. The van der Waals surface area contributed by atoms with Gasteiger partial charge in [0.25, 0.3) is 0 Å². The fraction of sp³-hybridized carbons (Fsp3) is 0.625. The monoisotopic (exact) mass is 248 g/mol. The molecule has 0 saturated heterocycles. The van der Waals surface area contributed by atoms with E-state index in [1.54, 1.807) is 0 Å². The molecule has 0 spiro atoms. The second kappa shape index (κ2) is 4.93.